The van der Waals surface area contributed by atoms with Crippen LogP contribution in [0, 0.1) is 20.8 Å². The lowest BCUT2D eigenvalue weighted by atomic mass is 9.96. The smallest absolute Gasteiger partial charge is 0.337 e. The maximum atomic E-state index is 12.0. The third-order valence-electron chi connectivity index (χ3n) is 7.05. The fourth-order valence-corrected chi connectivity index (χ4v) is 6.34. The predicted octanol–water partition coefficient (Wildman–Crippen LogP) is 5.04. The van der Waals surface area contributed by atoms with Gasteiger partial charge < -0.3 is 19.9 Å². The zero-order valence-electron chi connectivity index (χ0n) is 22.4. The van der Waals surface area contributed by atoms with E-state index in [0.717, 1.165) is 40.2 Å². The van der Waals surface area contributed by atoms with Crippen LogP contribution < -0.4 is 14.9 Å². The molecule has 3 N–H and O–H groups in total. The molecule has 2 atom stereocenters. The maximum Gasteiger partial charge on any atom is 0.337 e. The molecule has 1 saturated heterocycles. The minimum absolute atomic E-state index is 0.207. The van der Waals surface area contributed by atoms with Gasteiger partial charge in [-0.15, -0.1) is 0 Å². The summed E-state index contributed by atoms with van der Waals surface area (Å²) < 4.78 is 28.2. The number of anilines is 2. The number of nitrogens with one attached hydrogen (secondary N) is 2. The summed E-state index contributed by atoms with van der Waals surface area (Å²) in [7, 11) is -3.44. The largest absolute Gasteiger partial charge is 0.478 e. The van der Waals surface area contributed by atoms with Crippen molar-refractivity contribution in [3.05, 3.63) is 107 Å². The molecule has 0 radical (unpaired) electrons. The number of carboxylic acids is 1. The zero-order chi connectivity index (χ0) is 28.8. The number of rotatable bonds is 7. The van der Waals surface area contributed by atoms with Gasteiger partial charge in [0.15, 0.2) is 5.11 Å². The van der Waals surface area contributed by atoms with E-state index in [-0.39, 0.29) is 17.6 Å². The normalized spacial score (nSPS) is 17.1. The summed E-state index contributed by atoms with van der Waals surface area (Å²) >= 11 is 5.86. The van der Waals surface area contributed by atoms with Crippen molar-refractivity contribution in [3.63, 3.8) is 0 Å². The second-order valence-corrected chi connectivity index (χ2v) is 12.0. The minimum Gasteiger partial charge on any atom is -0.478 e. The van der Waals surface area contributed by atoms with Gasteiger partial charge >= 0.3 is 5.97 Å². The van der Waals surface area contributed by atoms with Crippen LogP contribution in [-0.2, 0) is 10.0 Å². The number of sulfonamides is 1. The summed E-state index contributed by atoms with van der Waals surface area (Å²) in [5.74, 6) is -1.00. The van der Waals surface area contributed by atoms with E-state index in [2.05, 4.69) is 21.1 Å². The molecule has 5 rings (SSSR count). The van der Waals surface area contributed by atoms with Crippen molar-refractivity contribution in [3.8, 4) is 5.69 Å². The van der Waals surface area contributed by atoms with E-state index in [9.17, 15) is 18.3 Å². The van der Waals surface area contributed by atoms with E-state index in [1.165, 1.54) is 0 Å². The summed E-state index contributed by atoms with van der Waals surface area (Å²) in [6.07, 6.45) is 2.85. The number of para-hydroxylation sites is 1. The molecule has 206 valence electrons. The van der Waals surface area contributed by atoms with Crippen LogP contribution in [0.4, 0.5) is 11.4 Å². The molecule has 0 spiro atoms. The molecule has 2 aromatic carbocycles. The number of carbonyl (C=O) groups is 1. The number of pyridine rings is 1. The molecule has 4 aromatic rings. The van der Waals surface area contributed by atoms with Gasteiger partial charge in [-0.2, -0.15) is 0 Å². The Kier molecular flexibility index (Phi) is 7.11. The highest BCUT2D eigenvalue weighted by Crippen LogP contribution is 2.44. The SMILES string of the molecule is Cc1cc(N2C(=S)N[C@H](c3ccccn3)[C@@H]2c2cc(C)n(-c3ccccc3C(=O)O)c2C)ccc1NS(C)(=O)=O. The quantitative estimate of drug-likeness (QED) is 0.262. The summed E-state index contributed by atoms with van der Waals surface area (Å²) in [6, 6.07) is 19.6. The molecule has 0 bridgehead atoms. The Morgan fingerprint density at radius 2 is 1.77 bits per heavy atom. The van der Waals surface area contributed by atoms with Crippen LogP contribution in [0.25, 0.3) is 5.69 Å². The third-order valence-corrected chi connectivity index (χ3v) is 7.95. The molecular weight excluding hydrogens is 546 g/mol. The first-order valence-electron chi connectivity index (χ1n) is 12.6. The number of aromatic nitrogens is 2. The van der Waals surface area contributed by atoms with Crippen LogP contribution in [-0.4, -0.2) is 40.4 Å². The number of aryl methyl sites for hydroxylation is 2. The molecule has 1 fully saturated rings. The van der Waals surface area contributed by atoms with Gasteiger partial charge in [-0.1, -0.05) is 18.2 Å². The van der Waals surface area contributed by atoms with Crippen LogP contribution in [0.1, 0.15) is 50.7 Å². The van der Waals surface area contributed by atoms with Crippen molar-refractivity contribution in [2.45, 2.75) is 32.9 Å². The molecule has 1 aliphatic rings. The van der Waals surface area contributed by atoms with E-state index < -0.39 is 16.0 Å². The Balaban J connectivity index is 1.68. The number of nitrogens with zero attached hydrogens (tertiary/aromatic N) is 3. The van der Waals surface area contributed by atoms with Gasteiger partial charge in [0.2, 0.25) is 10.0 Å². The van der Waals surface area contributed by atoms with Crippen molar-refractivity contribution < 1.29 is 18.3 Å². The average Bonchev–Trinajstić information content (AvgIpc) is 3.39. The molecule has 0 unspecified atom stereocenters. The fraction of sp³-hybridized carbons (Fsp3) is 0.207. The molecule has 11 heteroatoms. The van der Waals surface area contributed by atoms with Gasteiger partial charge in [0.25, 0.3) is 0 Å². The van der Waals surface area contributed by atoms with Crippen molar-refractivity contribution in [2.24, 2.45) is 0 Å². The number of benzene rings is 2. The van der Waals surface area contributed by atoms with E-state index in [4.69, 9.17) is 12.2 Å². The molecule has 1 aliphatic heterocycles. The monoisotopic (exact) mass is 575 g/mol. The van der Waals surface area contributed by atoms with Gasteiger partial charge in [0, 0.05) is 23.3 Å². The van der Waals surface area contributed by atoms with Crippen molar-refractivity contribution in [2.75, 3.05) is 15.9 Å². The molecule has 0 amide bonds. The van der Waals surface area contributed by atoms with Gasteiger partial charge in [-0.05, 0) is 92.6 Å². The molecule has 3 heterocycles. The van der Waals surface area contributed by atoms with Crippen LogP contribution in [0.2, 0.25) is 0 Å². The van der Waals surface area contributed by atoms with Gasteiger partial charge in [0.1, 0.15) is 0 Å². The molecular formula is C29H29N5O4S2. The number of aromatic carboxylic acids is 1. The molecule has 40 heavy (non-hydrogen) atoms. The molecule has 2 aromatic heterocycles. The van der Waals surface area contributed by atoms with E-state index in [0.29, 0.717) is 16.5 Å². The second-order valence-electron chi connectivity index (χ2n) is 9.85. The van der Waals surface area contributed by atoms with E-state index in [1.54, 1.807) is 30.5 Å². The van der Waals surface area contributed by atoms with Crippen LogP contribution >= 0.6 is 12.2 Å². The highest BCUT2D eigenvalue weighted by molar-refractivity contribution is 7.92. The standard InChI is InChI=1S/C29H29N5O4S2/c1-17-15-20(12-13-23(17)32-40(4,37)38)34-27(26(31-29(34)39)24-10-7-8-14-30-24)22-16-18(2)33(19(22)3)25-11-6-5-9-21(25)28(35)36/h5-16,26-27,32H,1-4H3,(H,31,39)(H,35,36)/t26-,27+/m1/s1. The lowest BCUT2D eigenvalue weighted by Crippen LogP contribution is -2.29. The Hall–Kier alpha value is -4.22. The third kappa shape index (κ3) is 5.05. The minimum atomic E-state index is -3.44. The number of thiocarbonyl (C=S) groups is 1. The van der Waals surface area contributed by atoms with Crippen molar-refractivity contribution in [1.29, 1.82) is 0 Å². The van der Waals surface area contributed by atoms with E-state index in [1.807, 2.05) is 66.6 Å². The lowest BCUT2D eigenvalue weighted by Gasteiger charge is -2.29. The van der Waals surface area contributed by atoms with Crippen molar-refractivity contribution in [1.82, 2.24) is 14.9 Å². The Morgan fingerprint density at radius 3 is 2.42 bits per heavy atom. The first-order valence-corrected chi connectivity index (χ1v) is 14.9. The van der Waals surface area contributed by atoms with Gasteiger partial charge in [-0.25, -0.2) is 13.2 Å². The van der Waals surface area contributed by atoms with Crippen LogP contribution in [0.3, 0.4) is 0 Å². The first kappa shape index (κ1) is 27.4. The summed E-state index contributed by atoms with van der Waals surface area (Å²) in [4.78, 5) is 18.7. The van der Waals surface area contributed by atoms with Gasteiger partial charge in [0.05, 0.1) is 41.0 Å². The highest BCUT2D eigenvalue weighted by atomic mass is 32.2. The number of hydrogen-bond acceptors (Lipinski definition) is 5. The zero-order valence-corrected chi connectivity index (χ0v) is 24.0. The molecule has 0 saturated carbocycles. The topological polar surface area (TPSA) is 117 Å². The van der Waals surface area contributed by atoms with E-state index >= 15 is 0 Å². The lowest BCUT2D eigenvalue weighted by molar-refractivity contribution is 0.0697. The van der Waals surface area contributed by atoms with Crippen molar-refractivity contribution >= 4 is 44.7 Å². The Labute approximate surface area is 238 Å². The van der Waals surface area contributed by atoms with Gasteiger partial charge in [-0.3, -0.25) is 9.71 Å². The predicted molar refractivity (Wildman–Crippen MR) is 160 cm³/mol. The molecule has 9 nitrogen and oxygen atoms in total. The summed E-state index contributed by atoms with van der Waals surface area (Å²) in [5, 5.41) is 13.8. The first-order chi connectivity index (χ1) is 19.0. The Bertz CT molecular complexity index is 1730. The maximum absolute atomic E-state index is 12.0. The average molecular weight is 576 g/mol. The second kappa shape index (κ2) is 10.4. The molecule has 0 aliphatic carbocycles. The highest BCUT2D eigenvalue weighted by Gasteiger charge is 2.42. The number of hydrogen-bond donors (Lipinski definition) is 3. The summed E-state index contributed by atoms with van der Waals surface area (Å²) in [6.45, 7) is 5.76. The van der Waals surface area contributed by atoms with Crippen LogP contribution in [0.15, 0.2) is 72.9 Å². The Morgan fingerprint density at radius 1 is 1.05 bits per heavy atom. The van der Waals surface area contributed by atoms with Crippen LogP contribution in [0.5, 0.6) is 0 Å². The number of carboxylic acid groups (broad SMARTS) is 1. The summed E-state index contributed by atoms with van der Waals surface area (Å²) in [5.41, 5.74) is 6.32. The fourth-order valence-electron chi connectivity index (χ4n) is 5.37.